The highest BCUT2D eigenvalue weighted by molar-refractivity contribution is 7.85. The summed E-state index contributed by atoms with van der Waals surface area (Å²) in [6, 6.07) is 77.7. The first-order valence-electron chi connectivity index (χ1n) is 20.0. The van der Waals surface area contributed by atoms with Crippen LogP contribution >= 0.6 is 7.14 Å². The van der Waals surface area contributed by atoms with E-state index in [0.717, 1.165) is 82.2 Å². The van der Waals surface area contributed by atoms with Gasteiger partial charge < -0.3 is 4.57 Å². The lowest BCUT2D eigenvalue weighted by Crippen LogP contribution is -2.30. The van der Waals surface area contributed by atoms with E-state index in [-0.39, 0.29) is 0 Å². The van der Waals surface area contributed by atoms with Crippen molar-refractivity contribution in [2.24, 2.45) is 0 Å². The fourth-order valence-electron chi connectivity index (χ4n) is 9.22. The normalized spacial score (nSPS) is 12.9. The molecular weight excluding hydrogens is 736 g/mol. The quantitative estimate of drug-likeness (QED) is 0.152. The zero-order chi connectivity index (χ0) is 39.4. The molecule has 0 saturated carbocycles. The van der Waals surface area contributed by atoms with Gasteiger partial charge in [-0.05, 0) is 55.9 Å². The van der Waals surface area contributed by atoms with Crippen molar-refractivity contribution in [3.63, 3.8) is 0 Å². The summed E-state index contributed by atoms with van der Waals surface area (Å²) >= 11 is 0. The molecule has 3 nitrogen and oxygen atoms in total. The van der Waals surface area contributed by atoms with Crippen molar-refractivity contribution in [1.82, 2.24) is 9.97 Å². The minimum absolute atomic E-state index is 0.615. The molecule has 11 rings (SSSR count). The van der Waals surface area contributed by atoms with Crippen LogP contribution in [0.5, 0.6) is 0 Å². The van der Waals surface area contributed by atoms with Gasteiger partial charge in [-0.3, -0.25) is 0 Å². The highest BCUT2D eigenvalue weighted by atomic mass is 31.2. The summed E-state index contributed by atoms with van der Waals surface area (Å²) in [4.78, 5) is 11.1. The lowest BCUT2D eigenvalue weighted by Gasteiger charge is -2.33. The molecule has 0 spiro atoms. The lowest BCUT2D eigenvalue weighted by atomic mass is 9.69. The lowest BCUT2D eigenvalue weighted by molar-refractivity contribution is 0.592. The Kier molecular flexibility index (Phi) is 8.32. The molecule has 10 aromatic rings. The third-order valence-electron chi connectivity index (χ3n) is 12.0. The minimum Gasteiger partial charge on any atom is -0.309 e. The molecule has 0 unspecified atom stereocenters. The van der Waals surface area contributed by atoms with E-state index in [1.807, 2.05) is 54.6 Å². The number of fused-ring (bicyclic) bond motifs is 5. The maximum absolute atomic E-state index is 16.0. The van der Waals surface area contributed by atoms with Crippen LogP contribution in [0, 0.1) is 0 Å². The van der Waals surface area contributed by atoms with Crippen molar-refractivity contribution in [2.75, 3.05) is 0 Å². The fraction of sp³-hybridized carbons (Fsp3) is 0.0182. The molecule has 9 aromatic carbocycles. The van der Waals surface area contributed by atoms with Gasteiger partial charge in [-0.25, -0.2) is 9.97 Å². The first kappa shape index (κ1) is 35.0. The molecule has 0 radical (unpaired) electrons. The second-order valence-electron chi connectivity index (χ2n) is 15.2. The first-order chi connectivity index (χ1) is 29.1. The van der Waals surface area contributed by atoms with Crippen LogP contribution in [0.3, 0.4) is 0 Å². The van der Waals surface area contributed by atoms with Gasteiger partial charge in [-0.2, -0.15) is 0 Å². The Hall–Kier alpha value is -7.19. The number of benzene rings is 9. The summed E-state index contributed by atoms with van der Waals surface area (Å²) in [5.74, 6) is 0.615. The van der Waals surface area contributed by atoms with Crippen LogP contribution in [0.1, 0.15) is 22.4 Å². The van der Waals surface area contributed by atoms with Crippen LogP contribution in [-0.2, 0) is 9.98 Å². The van der Waals surface area contributed by atoms with Crippen molar-refractivity contribution >= 4 is 44.6 Å². The van der Waals surface area contributed by atoms with E-state index in [1.165, 1.54) is 5.56 Å². The van der Waals surface area contributed by atoms with Crippen molar-refractivity contribution in [3.05, 3.63) is 247 Å². The van der Waals surface area contributed by atoms with Crippen LogP contribution in [0.15, 0.2) is 224 Å². The highest BCUT2D eigenvalue weighted by Crippen LogP contribution is 2.57. The molecule has 0 amide bonds. The van der Waals surface area contributed by atoms with Gasteiger partial charge in [0, 0.05) is 32.6 Å². The van der Waals surface area contributed by atoms with Gasteiger partial charge in [0.05, 0.1) is 16.8 Å². The standard InChI is InChI=1S/C55H37N2OP/c58-59(47-34-28-38-16-10-12-20-42(38)36-47,48-35-29-39-17-11-13-21-43(39)37-48)46-32-30-41(31-33-46)54-56-52(40-18-4-1-5-19-40)51-49-26-14-15-27-50(49)55(53(51)57-54,44-22-6-2-7-23-44)45-24-8-3-9-25-45/h1-37H. The van der Waals surface area contributed by atoms with Gasteiger partial charge >= 0.3 is 0 Å². The summed E-state index contributed by atoms with van der Waals surface area (Å²) < 4.78 is 16.0. The molecular formula is C55H37N2OP. The van der Waals surface area contributed by atoms with Crippen LogP contribution in [0.2, 0.25) is 0 Å². The van der Waals surface area contributed by atoms with Gasteiger partial charge in [0.15, 0.2) is 13.0 Å². The number of rotatable bonds is 7. The average Bonchev–Trinajstić information content (AvgIpc) is 3.62. The van der Waals surface area contributed by atoms with Crippen molar-refractivity contribution < 1.29 is 4.57 Å². The monoisotopic (exact) mass is 772 g/mol. The zero-order valence-electron chi connectivity index (χ0n) is 32.1. The van der Waals surface area contributed by atoms with Gasteiger partial charge in [0.25, 0.3) is 0 Å². The molecule has 0 atom stereocenters. The van der Waals surface area contributed by atoms with Gasteiger partial charge in [-0.15, -0.1) is 0 Å². The third-order valence-corrected chi connectivity index (χ3v) is 15.0. The van der Waals surface area contributed by atoms with Gasteiger partial charge in [0.2, 0.25) is 0 Å². The van der Waals surface area contributed by atoms with Gasteiger partial charge in [0.1, 0.15) is 0 Å². The number of aromatic nitrogens is 2. The van der Waals surface area contributed by atoms with Crippen LogP contribution < -0.4 is 15.9 Å². The Morgan fingerprint density at radius 1 is 0.390 bits per heavy atom. The molecule has 1 aliphatic rings. The SMILES string of the molecule is O=P(c1ccc(-c2nc(-c3ccccc3)c3c(n2)C(c2ccccc2)(c2ccccc2)c2ccccc2-3)cc1)(c1ccc2ccccc2c1)c1ccc2ccccc2c1. The van der Waals surface area contributed by atoms with Crippen molar-refractivity contribution in [2.45, 2.75) is 5.41 Å². The van der Waals surface area contributed by atoms with Crippen molar-refractivity contribution in [3.8, 4) is 33.8 Å². The van der Waals surface area contributed by atoms with Crippen LogP contribution in [-0.4, -0.2) is 9.97 Å². The van der Waals surface area contributed by atoms with Crippen molar-refractivity contribution in [1.29, 1.82) is 0 Å². The molecule has 1 heterocycles. The second kappa shape index (κ2) is 14.0. The third kappa shape index (κ3) is 5.54. The first-order valence-corrected chi connectivity index (χ1v) is 21.7. The summed E-state index contributed by atoms with van der Waals surface area (Å²) in [5, 5.41) is 6.70. The van der Waals surface area contributed by atoms with E-state index >= 15 is 4.57 Å². The largest absolute Gasteiger partial charge is 0.309 e. The topological polar surface area (TPSA) is 42.9 Å². The molecule has 4 heteroatoms. The summed E-state index contributed by atoms with van der Waals surface area (Å²) in [7, 11) is -3.35. The molecule has 0 N–H and O–H groups in total. The van der Waals surface area contributed by atoms with E-state index in [2.05, 4.69) is 170 Å². The Bertz CT molecular complexity index is 3110. The molecule has 0 saturated heterocycles. The average molecular weight is 773 g/mol. The summed E-state index contributed by atoms with van der Waals surface area (Å²) in [6.45, 7) is 0. The number of nitrogens with zero attached hydrogens (tertiary/aromatic N) is 2. The Morgan fingerprint density at radius 3 is 1.44 bits per heavy atom. The van der Waals surface area contributed by atoms with Crippen LogP contribution in [0.25, 0.3) is 55.3 Å². The van der Waals surface area contributed by atoms with Gasteiger partial charge in [-0.1, -0.05) is 212 Å². The highest BCUT2D eigenvalue weighted by Gasteiger charge is 2.49. The predicted octanol–water partition coefficient (Wildman–Crippen LogP) is 12.1. The Labute approximate surface area is 343 Å². The number of hydrogen-bond donors (Lipinski definition) is 0. The molecule has 0 fully saturated rings. The molecule has 1 aromatic heterocycles. The summed E-state index contributed by atoms with van der Waals surface area (Å²) in [6.07, 6.45) is 0. The second-order valence-corrected chi connectivity index (χ2v) is 18.0. The molecule has 1 aliphatic carbocycles. The van der Waals surface area contributed by atoms with Crippen LogP contribution in [0.4, 0.5) is 0 Å². The van der Waals surface area contributed by atoms with E-state index in [0.29, 0.717) is 5.82 Å². The van der Waals surface area contributed by atoms with E-state index < -0.39 is 12.6 Å². The van der Waals surface area contributed by atoms with E-state index in [9.17, 15) is 0 Å². The zero-order valence-corrected chi connectivity index (χ0v) is 33.0. The smallest absolute Gasteiger partial charge is 0.171 e. The molecule has 0 bridgehead atoms. The maximum atomic E-state index is 16.0. The summed E-state index contributed by atoms with van der Waals surface area (Å²) in [5.41, 5.74) is 8.63. The maximum Gasteiger partial charge on any atom is 0.171 e. The molecule has 59 heavy (non-hydrogen) atoms. The molecule has 278 valence electrons. The van der Waals surface area contributed by atoms with E-state index in [4.69, 9.17) is 9.97 Å². The molecule has 0 aliphatic heterocycles. The number of hydrogen-bond acceptors (Lipinski definition) is 3. The fourth-order valence-corrected chi connectivity index (χ4v) is 11.9. The predicted molar refractivity (Wildman–Crippen MR) is 245 cm³/mol. The Morgan fingerprint density at radius 2 is 0.864 bits per heavy atom. The minimum atomic E-state index is -3.35. The van der Waals surface area contributed by atoms with E-state index in [1.54, 1.807) is 0 Å². The Balaban J connectivity index is 1.14.